The van der Waals surface area contributed by atoms with Crippen LogP contribution < -0.4 is 15.0 Å². The highest BCUT2D eigenvalue weighted by atomic mass is 16.5. The smallest absolute Gasteiger partial charge is 0.120 e. The third-order valence-electron chi connectivity index (χ3n) is 3.79. The van der Waals surface area contributed by atoms with Gasteiger partial charge in [0, 0.05) is 37.9 Å². The molecule has 1 aromatic rings. The zero-order valence-corrected chi connectivity index (χ0v) is 12.2. The van der Waals surface area contributed by atoms with Crippen molar-refractivity contribution in [2.24, 2.45) is 0 Å². The number of methoxy groups -OCH3 is 1. The second kappa shape index (κ2) is 7.39. The van der Waals surface area contributed by atoms with E-state index in [0.717, 1.165) is 31.9 Å². The molecule has 0 saturated carbocycles. The van der Waals surface area contributed by atoms with Gasteiger partial charge in [0.25, 0.3) is 0 Å². The molecule has 19 heavy (non-hydrogen) atoms. The van der Waals surface area contributed by atoms with E-state index < -0.39 is 0 Å². The van der Waals surface area contributed by atoms with E-state index in [2.05, 4.69) is 35.3 Å². The normalized spacial score (nSPS) is 14.9. The van der Waals surface area contributed by atoms with E-state index in [1.54, 1.807) is 7.11 Å². The van der Waals surface area contributed by atoms with Crippen molar-refractivity contribution in [3.63, 3.8) is 0 Å². The molecule has 1 heterocycles. The Bertz CT molecular complexity index is 392. The molecular weight excluding hydrogens is 236 g/mol. The summed E-state index contributed by atoms with van der Waals surface area (Å²) in [7, 11) is 1.74. The molecule has 0 atom stereocenters. The van der Waals surface area contributed by atoms with Gasteiger partial charge in [-0.2, -0.15) is 0 Å². The molecular formula is C16H26N2O. The molecule has 0 spiro atoms. The number of ether oxygens (including phenoxy) is 1. The lowest BCUT2D eigenvalue weighted by molar-refractivity contribution is 0.414. The summed E-state index contributed by atoms with van der Waals surface area (Å²) >= 11 is 0. The van der Waals surface area contributed by atoms with Crippen molar-refractivity contribution in [1.82, 2.24) is 5.32 Å². The number of nitrogens with zero attached hydrogens (tertiary/aromatic N) is 1. The second-order valence-electron chi connectivity index (χ2n) is 5.22. The maximum atomic E-state index is 5.37. The fourth-order valence-electron chi connectivity index (χ4n) is 2.63. The van der Waals surface area contributed by atoms with E-state index in [1.807, 2.05) is 0 Å². The molecule has 1 N–H and O–H groups in total. The molecule has 0 bridgehead atoms. The van der Waals surface area contributed by atoms with Crippen LogP contribution in [0.2, 0.25) is 0 Å². The Balaban J connectivity index is 2.07. The zero-order chi connectivity index (χ0) is 13.5. The molecule has 0 aliphatic carbocycles. The first-order chi connectivity index (χ1) is 9.35. The molecule has 0 fully saturated rings. The Labute approximate surface area is 116 Å². The van der Waals surface area contributed by atoms with E-state index >= 15 is 0 Å². The molecule has 0 amide bonds. The van der Waals surface area contributed by atoms with E-state index in [4.69, 9.17) is 4.74 Å². The molecule has 0 unspecified atom stereocenters. The van der Waals surface area contributed by atoms with Gasteiger partial charge < -0.3 is 15.0 Å². The maximum absolute atomic E-state index is 5.37. The lowest BCUT2D eigenvalue weighted by Gasteiger charge is -2.25. The van der Waals surface area contributed by atoms with Crippen molar-refractivity contribution in [2.45, 2.75) is 39.2 Å². The standard InChI is InChI=1S/C16H26N2O/c1-3-4-5-6-10-18-11-9-17-13-14-7-8-15(19-2)12-16(14)18/h7-8,12,17H,3-6,9-11,13H2,1-2H3. The van der Waals surface area contributed by atoms with Crippen LogP contribution >= 0.6 is 0 Å². The minimum absolute atomic E-state index is 0.958. The van der Waals surface area contributed by atoms with Gasteiger partial charge in [0.15, 0.2) is 0 Å². The van der Waals surface area contributed by atoms with Gasteiger partial charge in [-0.25, -0.2) is 0 Å². The average molecular weight is 262 g/mol. The van der Waals surface area contributed by atoms with Crippen molar-refractivity contribution >= 4 is 5.69 Å². The third-order valence-corrected chi connectivity index (χ3v) is 3.79. The molecule has 3 nitrogen and oxygen atoms in total. The summed E-state index contributed by atoms with van der Waals surface area (Å²) in [6.45, 7) is 6.53. The summed E-state index contributed by atoms with van der Waals surface area (Å²) in [5, 5.41) is 3.49. The monoisotopic (exact) mass is 262 g/mol. The largest absolute Gasteiger partial charge is 0.497 e. The SMILES string of the molecule is CCCCCCN1CCNCc2ccc(OC)cc21. The molecule has 0 saturated heterocycles. The van der Waals surface area contributed by atoms with Gasteiger partial charge in [-0.3, -0.25) is 0 Å². The summed E-state index contributed by atoms with van der Waals surface area (Å²) in [4.78, 5) is 2.51. The summed E-state index contributed by atoms with van der Waals surface area (Å²) in [5.74, 6) is 0.958. The first kappa shape index (κ1) is 14.2. The van der Waals surface area contributed by atoms with Gasteiger partial charge in [0.2, 0.25) is 0 Å². The van der Waals surface area contributed by atoms with Crippen LogP contribution in [0.3, 0.4) is 0 Å². The van der Waals surface area contributed by atoms with Crippen molar-refractivity contribution in [1.29, 1.82) is 0 Å². The Morgan fingerprint density at radius 2 is 2.16 bits per heavy atom. The van der Waals surface area contributed by atoms with Gasteiger partial charge in [-0.1, -0.05) is 32.3 Å². The number of anilines is 1. The summed E-state index contributed by atoms with van der Waals surface area (Å²) in [5.41, 5.74) is 2.73. The van der Waals surface area contributed by atoms with Crippen LogP contribution in [0.25, 0.3) is 0 Å². The molecule has 3 heteroatoms. The Kier molecular flexibility index (Phi) is 5.52. The third kappa shape index (κ3) is 3.87. The van der Waals surface area contributed by atoms with E-state index in [9.17, 15) is 0 Å². The van der Waals surface area contributed by atoms with Crippen molar-refractivity contribution < 1.29 is 4.74 Å². The molecule has 106 valence electrons. The minimum atomic E-state index is 0.958. The van der Waals surface area contributed by atoms with Crippen LogP contribution in [0.4, 0.5) is 5.69 Å². The Morgan fingerprint density at radius 3 is 2.95 bits per heavy atom. The lowest BCUT2D eigenvalue weighted by atomic mass is 10.1. The summed E-state index contributed by atoms with van der Waals surface area (Å²) in [6.07, 6.45) is 5.26. The fourth-order valence-corrected chi connectivity index (χ4v) is 2.63. The van der Waals surface area contributed by atoms with E-state index in [1.165, 1.54) is 36.9 Å². The number of nitrogens with one attached hydrogen (secondary N) is 1. The van der Waals surface area contributed by atoms with Gasteiger partial charge in [0.1, 0.15) is 5.75 Å². The first-order valence-corrected chi connectivity index (χ1v) is 7.47. The van der Waals surface area contributed by atoms with Gasteiger partial charge in [0.05, 0.1) is 7.11 Å². The molecule has 1 aromatic carbocycles. The zero-order valence-electron chi connectivity index (χ0n) is 12.2. The van der Waals surface area contributed by atoms with Gasteiger partial charge >= 0.3 is 0 Å². The van der Waals surface area contributed by atoms with Crippen LogP contribution in [0.5, 0.6) is 5.75 Å². The number of hydrogen-bond donors (Lipinski definition) is 1. The van der Waals surface area contributed by atoms with Gasteiger partial charge in [-0.05, 0) is 18.1 Å². The van der Waals surface area contributed by atoms with Crippen LogP contribution in [0.1, 0.15) is 38.2 Å². The van der Waals surface area contributed by atoms with Crippen molar-refractivity contribution in [3.05, 3.63) is 23.8 Å². The van der Waals surface area contributed by atoms with Crippen molar-refractivity contribution in [2.75, 3.05) is 31.6 Å². The molecule has 1 aliphatic rings. The van der Waals surface area contributed by atoms with Gasteiger partial charge in [-0.15, -0.1) is 0 Å². The number of fused-ring (bicyclic) bond motifs is 1. The fraction of sp³-hybridized carbons (Fsp3) is 0.625. The van der Waals surface area contributed by atoms with Crippen LogP contribution in [-0.2, 0) is 6.54 Å². The Hall–Kier alpha value is -1.22. The highest BCUT2D eigenvalue weighted by molar-refractivity contribution is 5.58. The van der Waals surface area contributed by atoms with Crippen LogP contribution in [0.15, 0.2) is 18.2 Å². The summed E-state index contributed by atoms with van der Waals surface area (Å²) < 4.78 is 5.37. The van der Waals surface area contributed by atoms with E-state index in [0.29, 0.717) is 0 Å². The quantitative estimate of drug-likeness (QED) is 0.797. The maximum Gasteiger partial charge on any atom is 0.120 e. The van der Waals surface area contributed by atoms with E-state index in [-0.39, 0.29) is 0 Å². The average Bonchev–Trinajstić information content (AvgIpc) is 2.65. The predicted octanol–water partition coefficient (Wildman–Crippen LogP) is 3.19. The van der Waals surface area contributed by atoms with Crippen LogP contribution in [0, 0.1) is 0 Å². The molecule has 0 aromatic heterocycles. The van der Waals surface area contributed by atoms with Crippen LogP contribution in [-0.4, -0.2) is 26.7 Å². The molecule has 1 aliphatic heterocycles. The highest BCUT2D eigenvalue weighted by Gasteiger charge is 2.15. The topological polar surface area (TPSA) is 24.5 Å². The second-order valence-corrected chi connectivity index (χ2v) is 5.22. The molecule has 0 radical (unpaired) electrons. The highest BCUT2D eigenvalue weighted by Crippen LogP contribution is 2.27. The Morgan fingerprint density at radius 1 is 1.26 bits per heavy atom. The van der Waals surface area contributed by atoms with Crippen molar-refractivity contribution in [3.8, 4) is 5.75 Å². The number of benzene rings is 1. The first-order valence-electron chi connectivity index (χ1n) is 7.47. The number of unbranched alkanes of at least 4 members (excludes halogenated alkanes) is 3. The lowest BCUT2D eigenvalue weighted by Crippen LogP contribution is -2.29. The predicted molar refractivity (Wildman–Crippen MR) is 81.1 cm³/mol. The molecule has 2 rings (SSSR count). The number of rotatable bonds is 6. The summed E-state index contributed by atoms with van der Waals surface area (Å²) in [6, 6.07) is 6.43. The number of hydrogen-bond acceptors (Lipinski definition) is 3. The minimum Gasteiger partial charge on any atom is -0.497 e.